The maximum absolute atomic E-state index is 12.5. The Hall–Kier alpha value is -1.79. The fourth-order valence-corrected chi connectivity index (χ4v) is 3.17. The Labute approximate surface area is 154 Å². The third kappa shape index (κ3) is 4.25. The summed E-state index contributed by atoms with van der Waals surface area (Å²) in [7, 11) is 1.56. The molecule has 2 fully saturated rings. The summed E-state index contributed by atoms with van der Waals surface area (Å²) in [6.45, 7) is 5.29. The molecule has 1 aromatic carbocycles. The van der Waals surface area contributed by atoms with Gasteiger partial charge in [-0.25, -0.2) is 0 Å². The van der Waals surface area contributed by atoms with Crippen LogP contribution in [-0.4, -0.2) is 50.0 Å². The van der Waals surface area contributed by atoms with Crippen LogP contribution in [0.25, 0.3) is 0 Å². The number of benzene rings is 1. The van der Waals surface area contributed by atoms with E-state index in [0.29, 0.717) is 22.9 Å². The molecule has 2 aliphatic heterocycles. The molecule has 1 atom stereocenters. The van der Waals surface area contributed by atoms with Crippen LogP contribution >= 0.6 is 12.4 Å². The van der Waals surface area contributed by atoms with E-state index in [4.69, 9.17) is 4.74 Å². The molecule has 0 radical (unpaired) electrons. The largest absolute Gasteiger partial charge is 0.495 e. The Kier molecular flexibility index (Phi) is 6.67. The van der Waals surface area contributed by atoms with Gasteiger partial charge in [0.1, 0.15) is 5.75 Å². The Balaban J connectivity index is 0.00000225. The highest BCUT2D eigenvalue weighted by molar-refractivity contribution is 5.99. The summed E-state index contributed by atoms with van der Waals surface area (Å²) in [4.78, 5) is 26.9. The predicted molar refractivity (Wildman–Crippen MR) is 99.5 cm³/mol. The summed E-state index contributed by atoms with van der Waals surface area (Å²) in [5, 5.41) is 6.12. The van der Waals surface area contributed by atoms with Gasteiger partial charge in [0.25, 0.3) is 5.91 Å². The highest BCUT2D eigenvalue weighted by Gasteiger charge is 2.29. The Morgan fingerprint density at radius 1 is 1.28 bits per heavy atom. The zero-order valence-corrected chi connectivity index (χ0v) is 15.5. The van der Waals surface area contributed by atoms with E-state index in [0.717, 1.165) is 39.0 Å². The van der Waals surface area contributed by atoms with Crippen LogP contribution in [0.2, 0.25) is 0 Å². The number of halogens is 1. The first-order valence-corrected chi connectivity index (χ1v) is 8.59. The zero-order valence-electron chi connectivity index (χ0n) is 14.7. The molecular weight excluding hydrogens is 342 g/mol. The molecular formula is C18H26ClN3O3. The average Bonchev–Trinajstić information content (AvgIpc) is 3.06. The number of carbonyl (C=O) groups excluding carboxylic acids is 2. The molecule has 0 saturated carbocycles. The third-order valence-corrected chi connectivity index (χ3v) is 5.03. The first kappa shape index (κ1) is 19.5. The number of amides is 2. The Bertz CT molecular complexity index is 628. The molecule has 25 heavy (non-hydrogen) atoms. The number of hydrogen-bond donors (Lipinski definition) is 2. The van der Waals surface area contributed by atoms with Gasteiger partial charge in [-0.2, -0.15) is 0 Å². The van der Waals surface area contributed by atoms with Gasteiger partial charge in [0.05, 0.1) is 12.8 Å². The van der Waals surface area contributed by atoms with Crippen LogP contribution in [0.5, 0.6) is 5.75 Å². The van der Waals surface area contributed by atoms with Crippen LogP contribution in [0, 0.1) is 11.8 Å². The molecule has 2 saturated heterocycles. The number of nitrogens with one attached hydrogen (secondary N) is 2. The summed E-state index contributed by atoms with van der Waals surface area (Å²) in [6, 6.07) is 5.23. The average molecular weight is 368 g/mol. The standard InChI is InChI=1S/C18H25N3O3.ClH/c1-12(14-10-19-11-14)17(22)20-15-9-13(5-6-16(15)24-2)18(23)21-7-3-4-8-21;/h5-6,9,12,14,19H,3-4,7-8,10-11H2,1-2H3,(H,20,22);1H. The van der Waals surface area contributed by atoms with Crippen molar-refractivity contribution in [3.63, 3.8) is 0 Å². The van der Waals surface area contributed by atoms with E-state index in [1.165, 1.54) is 0 Å². The van der Waals surface area contributed by atoms with E-state index in [9.17, 15) is 9.59 Å². The first-order chi connectivity index (χ1) is 11.6. The fraction of sp³-hybridized carbons (Fsp3) is 0.556. The number of likely N-dealkylation sites (tertiary alicyclic amines) is 1. The molecule has 2 aliphatic rings. The Morgan fingerprint density at radius 3 is 2.52 bits per heavy atom. The summed E-state index contributed by atoms with van der Waals surface area (Å²) < 4.78 is 5.34. The second kappa shape index (κ2) is 8.54. The van der Waals surface area contributed by atoms with E-state index in [2.05, 4.69) is 10.6 Å². The number of anilines is 1. The van der Waals surface area contributed by atoms with Gasteiger partial charge in [-0.05, 0) is 50.0 Å². The van der Waals surface area contributed by atoms with Crippen molar-refractivity contribution in [1.29, 1.82) is 0 Å². The van der Waals surface area contributed by atoms with Gasteiger partial charge in [0.2, 0.25) is 5.91 Å². The number of carbonyl (C=O) groups is 2. The van der Waals surface area contributed by atoms with Crippen molar-refractivity contribution in [3.05, 3.63) is 23.8 Å². The van der Waals surface area contributed by atoms with Crippen molar-refractivity contribution in [2.45, 2.75) is 19.8 Å². The second-order valence-corrected chi connectivity index (χ2v) is 6.61. The van der Waals surface area contributed by atoms with Crippen LogP contribution in [0.1, 0.15) is 30.1 Å². The van der Waals surface area contributed by atoms with Crippen LogP contribution in [0.15, 0.2) is 18.2 Å². The van der Waals surface area contributed by atoms with E-state index < -0.39 is 0 Å². The molecule has 1 unspecified atom stereocenters. The van der Waals surface area contributed by atoms with Crippen LogP contribution in [0.3, 0.4) is 0 Å². The molecule has 0 aliphatic carbocycles. The molecule has 2 heterocycles. The van der Waals surface area contributed by atoms with Crippen LogP contribution < -0.4 is 15.4 Å². The highest BCUT2D eigenvalue weighted by Crippen LogP contribution is 2.28. The van der Waals surface area contributed by atoms with E-state index in [1.807, 2.05) is 11.8 Å². The molecule has 0 bridgehead atoms. The minimum absolute atomic E-state index is 0. The van der Waals surface area contributed by atoms with Gasteiger partial charge in [-0.15, -0.1) is 12.4 Å². The van der Waals surface area contributed by atoms with E-state index in [-0.39, 0.29) is 30.1 Å². The summed E-state index contributed by atoms with van der Waals surface area (Å²) >= 11 is 0. The minimum atomic E-state index is -0.0751. The number of nitrogens with zero attached hydrogens (tertiary/aromatic N) is 1. The topological polar surface area (TPSA) is 70.7 Å². The molecule has 0 spiro atoms. The number of hydrogen-bond acceptors (Lipinski definition) is 4. The molecule has 2 amide bonds. The smallest absolute Gasteiger partial charge is 0.253 e. The van der Waals surface area contributed by atoms with Gasteiger partial charge < -0.3 is 20.3 Å². The van der Waals surface area contributed by atoms with Gasteiger partial charge in [-0.1, -0.05) is 6.92 Å². The normalized spacial score (nSPS) is 18.1. The molecule has 1 aromatic rings. The lowest BCUT2D eigenvalue weighted by molar-refractivity contribution is -0.121. The third-order valence-electron chi connectivity index (χ3n) is 5.03. The van der Waals surface area contributed by atoms with E-state index >= 15 is 0 Å². The monoisotopic (exact) mass is 367 g/mol. The zero-order chi connectivity index (χ0) is 17.1. The Morgan fingerprint density at radius 2 is 1.96 bits per heavy atom. The molecule has 7 heteroatoms. The molecule has 6 nitrogen and oxygen atoms in total. The lowest BCUT2D eigenvalue weighted by Gasteiger charge is -2.31. The van der Waals surface area contributed by atoms with Gasteiger partial charge in [0, 0.05) is 24.6 Å². The van der Waals surface area contributed by atoms with Gasteiger partial charge >= 0.3 is 0 Å². The minimum Gasteiger partial charge on any atom is -0.495 e. The van der Waals surface area contributed by atoms with E-state index in [1.54, 1.807) is 25.3 Å². The van der Waals surface area contributed by atoms with Crippen molar-refractivity contribution in [1.82, 2.24) is 10.2 Å². The maximum Gasteiger partial charge on any atom is 0.253 e. The quantitative estimate of drug-likeness (QED) is 0.836. The number of rotatable bonds is 5. The lowest BCUT2D eigenvalue weighted by Crippen LogP contribution is -2.48. The van der Waals surface area contributed by atoms with Crippen LogP contribution in [-0.2, 0) is 4.79 Å². The SMILES string of the molecule is COc1ccc(C(=O)N2CCCC2)cc1NC(=O)C(C)C1CNC1.Cl. The molecule has 0 aromatic heterocycles. The molecule has 2 N–H and O–H groups in total. The van der Waals surface area contributed by atoms with Crippen molar-refractivity contribution in [2.24, 2.45) is 11.8 Å². The first-order valence-electron chi connectivity index (χ1n) is 8.59. The molecule has 3 rings (SSSR count). The van der Waals surface area contributed by atoms with Crippen LogP contribution in [0.4, 0.5) is 5.69 Å². The number of ether oxygens (including phenoxy) is 1. The van der Waals surface area contributed by atoms with Crippen molar-refractivity contribution in [2.75, 3.05) is 38.6 Å². The maximum atomic E-state index is 12.5. The van der Waals surface area contributed by atoms with Gasteiger partial charge in [0.15, 0.2) is 0 Å². The van der Waals surface area contributed by atoms with Crippen molar-refractivity contribution >= 4 is 29.9 Å². The second-order valence-electron chi connectivity index (χ2n) is 6.61. The summed E-state index contributed by atoms with van der Waals surface area (Å²) in [6.07, 6.45) is 2.11. The van der Waals surface area contributed by atoms with Gasteiger partial charge in [-0.3, -0.25) is 9.59 Å². The number of methoxy groups -OCH3 is 1. The summed E-state index contributed by atoms with van der Waals surface area (Å²) in [5.74, 6) is 0.840. The van der Waals surface area contributed by atoms with Crippen molar-refractivity contribution in [3.8, 4) is 5.75 Å². The molecule has 138 valence electrons. The van der Waals surface area contributed by atoms with Crippen molar-refractivity contribution < 1.29 is 14.3 Å². The fourth-order valence-electron chi connectivity index (χ4n) is 3.17. The summed E-state index contributed by atoms with van der Waals surface area (Å²) in [5.41, 5.74) is 1.15. The highest BCUT2D eigenvalue weighted by atomic mass is 35.5. The lowest BCUT2D eigenvalue weighted by atomic mass is 9.88. The predicted octanol–water partition coefficient (Wildman–Crippen LogP) is 2.15.